The van der Waals surface area contributed by atoms with Gasteiger partial charge in [-0.15, -0.1) is 0 Å². The topological polar surface area (TPSA) is 60.2 Å². The average Bonchev–Trinajstić information content (AvgIpc) is 3.16. The molecule has 1 saturated heterocycles. The van der Waals surface area contributed by atoms with E-state index in [4.69, 9.17) is 9.84 Å². The van der Waals surface area contributed by atoms with Gasteiger partial charge in [-0.2, -0.15) is 5.10 Å². The monoisotopic (exact) mass is 390 g/mol. The van der Waals surface area contributed by atoms with Crippen molar-refractivity contribution in [2.75, 3.05) is 13.7 Å². The van der Waals surface area contributed by atoms with Gasteiger partial charge in [0.25, 0.3) is 0 Å². The average molecular weight is 390 g/mol. The van der Waals surface area contributed by atoms with Crippen LogP contribution < -0.4 is 4.74 Å². The molecule has 29 heavy (non-hydrogen) atoms. The van der Waals surface area contributed by atoms with Crippen molar-refractivity contribution in [3.63, 3.8) is 0 Å². The number of rotatable bonds is 5. The first-order valence-electron chi connectivity index (χ1n) is 10.0. The molecule has 0 unspecified atom stereocenters. The Balaban J connectivity index is 1.64. The van der Waals surface area contributed by atoms with Gasteiger partial charge in [-0.25, -0.2) is 0 Å². The third-order valence-electron chi connectivity index (χ3n) is 5.52. The van der Waals surface area contributed by atoms with E-state index in [9.17, 15) is 4.79 Å². The SMILES string of the molecule is COc1ccccc1CC(=O)N1CCCC[C@H]1c1nn(C)cc1-c1ccncc1. The maximum absolute atomic E-state index is 13.3. The van der Waals surface area contributed by atoms with Crippen LogP contribution in [0.3, 0.4) is 0 Å². The van der Waals surface area contributed by atoms with E-state index in [1.165, 1.54) is 0 Å². The fraction of sp³-hybridized carbons (Fsp3) is 0.348. The van der Waals surface area contributed by atoms with E-state index in [0.717, 1.165) is 53.9 Å². The summed E-state index contributed by atoms with van der Waals surface area (Å²) in [6, 6.07) is 11.7. The molecule has 3 aromatic rings. The van der Waals surface area contributed by atoms with Crippen LogP contribution in [0, 0.1) is 0 Å². The molecule has 1 aliphatic heterocycles. The van der Waals surface area contributed by atoms with Crippen LogP contribution in [0.5, 0.6) is 5.75 Å². The third kappa shape index (κ3) is 4.01. The molecular weight excluding hydrogens is 364 g/mol. The highest BCUT2D eigenvalue weighted by atomic mass is 16.5. The molecule has 0 spiro atoms. The summed E-state index contributed by atoms with van der Waals surface area (Å²) >= 11 is 0. The first-order valence-corrected chi connectivity index (χ1v) is 10.0. The van der Waals surface area contributed by atoms with E-state index in [2.05, 4.69) is 4.98 Å². The molecule has 0 bridgehead atoms. The Morgan fingerprint density at radius 2 is 1.97 bits per heavy atom. The Kier molecular flexibility index (Phi) is 5.60. The lowest BCUT2D eigenvalue weighted by Crippen LogP contribution is -2.39. The molecule has 1 aliphatic rings. The van der Waals surface area contributed by atoms with Crippen LogP contribution in [-0.4, -0.2) is 39.2 Å². The molecule has 1 aromatic carbocycles. The highest BCUT2D eigenvalue weighted by Crippen LogP contribution is 2.36. The van der Waals surface area contributed by atoms with Crippen molar-refractivity contribution in [1.29, 1.82) is 0 Å². The minimum absolute atomic E-state index is 0.0182. The predicted octanol–water partition coefficient (Wildman–Crippen LogP) is 3.79. The van der Waals surface area contributed by atoms with Crippen molar-refractivity contribution >= 4 is 5.91 Å². The summed E-state index contributed by atoms with van der Waals surface area (Å²) in [6.07, 6.45) is 8.98. The number of benzene rings is 1. The summed E-state index contributed by atoms with van der Waals surface area (Å²) in [5, 5.41) is 4.76. The number of methoxy groups -OCH3 is 1. The number of aryl methyl sites for hydroxylation is 1. The molecule has 1 atom stereocenters. The lowest BCUT2D eigenvalue weighted by Gasteiger charge is -2.35. The summed E-state index contributed by atoms with van der Waals surface area (Å²) in [6.45, 7) is 0.755. The fourth-order valence-electron chi connectivity index (χ4n) is 4.13. The summed E-state index contributed by atoms with van der Waals surface area (Å²) in [5.41, 5.74) is 4.02. The number of para-hydroxylation sites is 1. The molecule has 1 fully saturated rings. The quantitative estimate of drug-likeness (QED) is 0.665. The number of carbonyl (C=O) groups excluding carboxylic acids is 1. The van der Waals surface area contributed by atoms with Gasteiger partial charge in [-0.1, -0.05) is 18.2 Å². The minimum Gasteiger partial charge on any atom is -0.496 e. The molecule has 0 saturated carbocycles. The number of pyridine rings is 1. The second-order valence-electron chi connectivity index (χ2n) is 7.42. The van der Waals surface area contributed by atoms with Crippen molar-refractivity contribution < 1.29 is 9.53 Å². The van der Waals surface area contributed by atoms with Gasteiger partial charge in [-0.3, -0.25) is 14.5 Å². The molecule has 1 amide bonds. The number of ether oxygens (including phenoxy) is 1. The van der Waals surface area contributed by atoms with E-state index < -0.39 is 0 Å². The molecule has 150 valence electrons. The van der Waals surface area contributed by atoms with Crippen molar-refractivity contribution in [3.05, 3.63) is 66.2 Å². The van der Waals surface area contributed by atoms with Crippen LogP contribution in [0.2, 0.25) is 0 Å². The van der Waals surface area contributed by atoms with Crippen LogP contribution in [0.1, 0.15) is 36.6 Å². The minimum atomic E-state index is -0.0182. The smallest absolute Gasteiger partial charge is 0.227 e. The Hall–Kier alpha value is -3.15. The molecular formula is C23H26N4O2. The first-order chi connectivity index (χ1) is 14.2. The Morgan fingerprint density at radius 3 is 2.76 bits per heavy atom. The molecule has 0 aliphatic carbocycles. The number of carbonyl (C=O) groups is 1. The molecule has 3 heterocycles. The van der Waals surface area contributed by atoms with Gasteiger partial charge in [0.1, 0.15) is 5.75 Å². The Labute approximate surface area is 171 Å². The molecule has 0 N–H and O–H groups in total. The largest absolute Gasteiger partial charge is 0.496 e. The third-order valence-corrected chi connectivity index (χ3v) is 5.52. The summed E-state index contributed by atoms with van der Waals surface area (Å²) in [4.78, 5) is 19.4. The summed E-state index contributed by atoms with van der Waals surface area (Å²) in [7, 11) is 3.57. The van der Waals surface area contributed by atoms with Crippen LogP contribution in [0.4, 0.5) is 0 Å². The molecule has 0 radical (unpaired) electrons. The van der Waals surface area contributed by atoms with Gasteiger partial charge >= 0.3 is 0 Å². The van der Waals surface area contributed by atoms with E-state index in [-0.39, 0.29) is 11.9 Å². The maximum atomic E-state index is 13.3. The van der Waals surface area contributed by atoms with Gasteiger partial charge in [0.15, 0.2) is 0 Å². The van der Waals surface area contributed by atoms with Crippen molar-refractivity contribution in [2.45, 2.75) is 31.7 Å². The number of hydrogen-bond donors (Lipinski definition) is 0. The van der Waals surface area contributed by atoms with Gasteiger partial charge in [0, 0.05) is 43.3 Å². The van der Waals surface area contributed by atoms with E-state index >= 15 is 0 Å². The van der Waals surface area contributed by atoms with Crippen molar-refractivity contribution in [3.8, 4) is 16.9 Å². The lowest BCUT2D eigenvalue weighted by atomic mass is 9.94. The van der Waals surface area contributed by atoms with Crippen LogP contribution in [-0.2, 0) is 18.3 Å². The van der Waals surface area contributed by atoms with Crippen molar-refractivity contribution in [1.82, 2.24) is 19.7 Å². The lowest BCUT2D eigenvalue weighted by molar-refractivity contribution is -0.134. The number of piperidine rings is 1. The maximum Gasteiger partial charge on any atom is 0.227 e. The zero-order valence-electron chi connectivity index (χ0n) is 16.9. The summed E-state index contributed by atoms with van der Waals surface area (Å²) < 4.78 is 7.27. The van der Waals surface area contributed by atoms with E-state index in [0.29, 0.717) is 6.42 Å². The zero-order valence-corrected chi connectivity index (χ0v) is 16.9. The van der Waals surface area contributed by atoms with Crippen LogP contribution in [0.15, 0.2) is 55.0 Å². The highest BCUT2D eigenvalue weighted by molar-refractivity contribution is 5.80. The summed E-state index contributed by atoms with van der Waals surface area (Å²) in [5.74, 6) is 0.871. The second kappa shape index (κ2) is 8.47. The van der Waals surface area contributed by atoms with Gasteiger partial charge < -0.3 is 9.64 Å². The molecule has 2 aromatic heterocycles. The number of nitrogens with zero attached hydrogens (tertiary/aromatic N) is 4. The van der Waals surface area contributed by atoms with Gasteiger partial charge in [-0.05, 0) is 43.0 Å². The standard InChI is InChI=1S/C23H26N4O2/c1-26-16-19(17-10-12-24-13-11-17)23(25-26)20-8-5-6-14-27(20)22(28)15-18-7-3-4-9-21(18)29-2/h3-4,7,9-13,16,20H,5-6,8,14-15H2,1-2H3/t20-/m0/s1. The predicted molar refractivity (Wildman–Crippen MR) is 111 cm³/mol. The normalized spacial score (nSPS) is 16.6. The highest BCUT2D eigenvalue weighted by Gasteiger charge is 2.32. The van der Waals surface area contributed by atoms with Crippen LogP contribution in [0.25, 0.3) is 11.1 Å². The Bertz CT molecular complexity index is 984. The number of hydrogen-bond acceptors (Lipinski definition) is 4. The Morgan fingerprint density at radius 1 is 1.17 bits per heavy atom. The first kappa shape index (κ1) is 19.2. The number of likely N-dealkylation sites (tertiary alicyclic amines) is 1. The van der Waals surface area contributed by atoms with Crippen molar-refractivity contribution in [2.24, 2.45) is 7.05 Å². The number of amides is 1. The van der Waals surface area contributed by atoms with E-state index in [1.54, 1.807) is 19.5 Å². The molecule has 6 nitrogen and oxygen atoms in total. The zero-order chi connectivity index (χ0) is 20.2. The van der Waals surface area contributed by atoms with Crippen LogP contribution >= 0.6 is 0 Å². The van der Waals surface area contributed by atoms with Gasteiger partial charge in [0.05, 0.1) is 25.3 Å². The van der Waals surface area contributed by atoms with E-state index in [1.807, 2.05) is 59.2 Å². The van der Waals surface area contributed by atoms with Gasteiger partial charge in [0.2, 0.25) is 5.91 Å². The fourth-order valence-corrected chi connectivity index (χ4v) is 4.13. The second-order valence-corrected chi connectivity index (χ2v) is 7.42. The number of aromatic nitrogens is 3. The molecule has 4 rings (SSSR count). The molecule has 6 heteroatoms.